The number of thiazole rings is 1. The average Bonchev–Trinajstić information content (AvgIpc) is 3.11. The number of nitrogens with zero attached hydrogens (tertiary/aromatic N) is 1. The van der Waals surface area contributed by atoms with Crippen LogP contribution in [0.4, 0.5) is 5.13 Å². The van der Waals surface area contributed by atoms with Crippen LogP contribution in [-0.2, 0) is 11.2 Å². The van der Waals surface area contributed by atoms with Gasteiger partial charge in [-0.15, -0.1) is 11.3 Å². The minimum atomic E-state index is -0.185. The van der Waals surface area contributed by atoms with Gasteiger partial charge >= 0.3 is 0 Å². The number of benzene rings is 1. The molecule has 0 saturated carbocycles. The van der Waals surface area contributed by atoms with Gasteiger partial charge in [-0.2, -0.15) is 0 Å². The number of rotatable bonds is 4. The van der Waals surface area contributed by atoms with Crippen molar-refractivity contribution in [2.45, 2.75) is 27.2 Å². The standard InChI is InChI=1S/C17H16N2O3S/c1-9-4-5-13-12(7-22-16(13)10(9)2)6-15(21)19-17-18-14(8-23-17)11(3)20/h4-5,7-8H,6H2,1-3H3,(H,18,19,21). The number of aromatic nitrogens is 1. The number of hydrogen-bond acceptors (Lipinski definition) is 5. The van der Waals surface area contributed by atoms with Gasteiger partial charge in [-0.05, 0) is 25.0 Å². The zero-order chi connectivity index (χ0) is 16.6. The van der Waals surface area contributed by atoms with E-state index >= 15 is 0 Å². The van der Waals surface area contributed by atoms with Gasteiger partial charge in [0, 0.05) is 23.3 Å². The van der Waals surface area contributed by atoms with Crippen LogP contribution in [-0.4, -0.2) is 16.7 Å². The minimum absolute atomic E-state index is 0.117. The molecule has 0 radical (unpaired) electrons. The summed E-state index contributed by atoms with van der Waals surface area (Å²) in [4.78, 5) is 27.5. The van der Waals surface area contributed by atoms with Crippen LogP contribution in [0.25, 0.3) is 11.0 Å². The molecule has 1 aromatic carbocycles. The quantitative estimate of drug-likeness (QED) is 0.738. The zero-order valence-electron chi connectivity index (χ0n) is 13.1. The number of fused-ring (bicyclic) bond motifs is 1. The van der Waals surface area contributed by atoms with E-state index in [1.807, 2.05) is 26.0 Å². The van der Waals surface area contributed by atoms with Crippen LogP contribution in [0.5, 0.6) is 0 Å². The lowest BCUT2D eigenvalue weighted by Crippen LogP contribution is -2.14. The van der Waals surface area contributed by atoms with E-state index in [0.29, 0.717) is 10.8 Å². The normalized spacial score (nSPS) is 10.9. The van der Waals surface area contributed by atoms with Gasteiger partial charge in [0.15, 0.2) is 10.9 Å². The molecule has 23 heavy (non-hydrogen) atoms. The van der Waals surface area contributed by atoms with Crippen LogP contribution in [0, 0.1) is 13.8 Å². The predicted octanol–water partition coefficient (Wildman–Crippen LogP) is 3.89. The summed E-state index contributed by atoms with van der Waals surface area (Å²) in [6.45, 7) is 5.48. The maximum Gasteiger partial charge on any atom is 0.230 e. The van der Waals surface area contributed by atoms with Crippen molar-refractivity contribution in [3.63, 3.8) is 0 Å². The second-order valence-electron chi connectivity index (χ2n) is 5.46. The third kappa shape index (κ3) is 3.03. The van der Waals surface area contributed by atoms with E-state index in [1.165, 1.54) is 18.3 Å². The Hall–Kier alpha value is -2.47. The lowest BCUT2D eigenvalue weighted by Gasteiger charge is -2.02. The summed E-state index contributed by atoms with van der Waals surface area (Å²) in [5, 5.41) is 5.74. The highest BCUT2D eigenvalue weighted by atomic mass is 32.1. The fourth-order valence-corrected chi connectivity index (χ4v) is 3.12. The third-order valence-electron chi connectivity index (χ3n) is 3.80. The van der Waals surface area contributed by atoms with E-state index in [-0.39, 0.29) is 18.1 Å². The molecule has 2 heterocycles. The lowest BCUT2D eigenvalue weighted by atomic mass is 10.0. The highest BCUT2D eigenvalue weighted by Crippen LogP contribution is 2.27. The average molecular weight is 328 g/mol. The molecule has 0 fully saturated rings. The monoisotopic (exact) mass is 328 g/mol. The molecule has 0 saturated heterocycles. The molecule has 1 amide bonds. The molecule has 2 aromatic heterocycles. The molecule has 6 heteroatoms. The van der Waals surface area contributed by atoms with Crippen molar-refractivity contribution in [1.29, 1.82) is 0 Å². The van der Waals surface area contributed by atoms with Gasteiger partial charge in [0.05, 0.1) is 12.7 Å². The molecule has 0 bridgehead atoms. The molecule has 0 aliphatic heterocycles. The summed E-state index contributed by atoms with van der Waals surface area (Å²) in [6, 6.07) is 4.00. The van der Waals surface area contributed by atoms with Crippen molar-refractivity contribution < 1.29 is 14.0 Å². The van der Waals surface area contributed by atoms with E-state index in [0.717, 1.165) is 27.7 Å². The van der Waals surface area contributed by atoms with Gasteiger partial charge in [0.2, 0.25) is 5.91 Å². The Morgan fingerprint density at radius 3 is 2.78 bits per heavy atom. The van der Waals surface area contributed by atoms with Gasteiger partial charge in [0.25, 0.3) is 0 Å². The molecule has 3 aromatic rings. The first-order valence-corrected chi connectivity index (χ1v) is 8.06. The van der Waals surface area contributed by atoms with E-state index in [1.54, 1.807) is 11.6 Å². The summed E-state index contributed by atoms with van der Waals surface area (Å²) < 4.78 is 5.61. The second-order valence-corrected chi connectivity index (χ2v) is 6.32. The van der Waals surface area contributed by atoms with Gasteiger partial charge in [-0.3, -0.25) is 9.59 Å². The van der Waals surface area contributed by atoms with Crippen LogP contribution in [0.2, 0.25) is 0 Å². The van der Waals surface area contributed by atoms with E-state index in [9.17, 15) is 9.59 Å². The van der Waals surface area contributed by atoms with Crippen molar-refractivity contribution in [3.8, 4) is 0 Å². The van der Waals surface area contributed by atoms with Crippen LogP contribution in [0.3, 0.4) is 0 Å². The van der Waals surface area contributed by atoms with Crippen LogP contribution >= 0.6 is 11.3 Å². The van der Waals surface area contributed by atoms with Gasteiger partial charge in [-0.25, -0.2) is 4.98 Å². The predicted molar refractivity (Wildman–Crippen MR) is 90.1 cm³/mol. The van der Waals surface area contributed by atoms with Gasteiger partial charge in [-0.1, -0.05) is 12.1 Å². The van der Waals surface area contributed by atoms with Crippen molar-refractivity contribution in [2.75, 3.05) is 5.32 Å². The summed E-state index contributed by atoms with van der Waals surface area (Å²) in [6.07, 6.45) is 1.82. The number of amides is 1. The summed E-state index contributed by atoms with van der Waals surface area (Å²) in [5.41, 5.74) is 4.26. The summed E-state index contributed by atoms with van der Waals surface area (Å²) in [5.74, 6) is -0.302. The Kier molecular flexibility index (Phi) is 4.00. The highest BCUT2D eigenvalue weighted by Gasteiger charge is 2.14. The SMILES string of the molecule is CC(=O)c1csc(NC(=O)Cc2coc3c(C)c(C)ccc23)n1. The Morgan fingerprint density at radius 2 is 2.09 bits per heavy atom. The fraction of sp³-hybridized carbons (Fsp3) is 0.235. The molecular formula is C17H16N2O3S. The van der Waals surface area contributed by atoms with Crippen molar-refractivity contribution in [1.82, 2.24) is 4.98 Å². The Balaban J connectivity index is 1.77. The largest absolute Gasteiger partial charge is 0.464 e. The number of carbonyl (C=O) groups is 2. The molecule has 3 rings (SSSR count). The number of anilines is 1. The minimum Gasteiger partial charge on any atom is -0.464 e. The van der Waals surface area contributed by atoms with Gasteiger partial charge < -0.3 is 9.73 Å². The maximum atomic E-state index is 12.2. The fourth-order valence-electron chi connectivity index (χ4n) is 2.35. The molecule has 0 aliphatic rings. The topological polar surface area (TPSA) is 72.2 Å². The number of Topliss-reactive ketones (excluding diaryl/α,β-unsaturated/α-hetero) is 1. The molecule has 118 valence electrons. The number of ketones is 1. The Labute approximate surface area is 137 Å². The number of aryl methyl sites for hydroxylation is 2. The highest BCUT2D eigenvalue weighted by molar-refractivity contribution is 7.14. The third-order valence-corrected chi connectivity index (χ3v) is 4.56. The molecule has 0 spiro atoms. The smallest absolute Gasteiger partial charge is 0.230 e. The van der Waals surface area contributed by atoms with Crippen LogP contribution < -0.4 is 5.32 Å². The maximum absolute atomic E-state index is 12.2. The first kappa shape index (κ1) is 15.4. The van der Waals surface area contributed by atoms with Crippen LogP contribution in [0.15, 0.2) is 28.2 Å². The van der Waals surface area contributed by atoms with E-state index in [2.05, 4.69) is 10.3 Å². The van der Waals surface area contributed by atoms with Crippen molar-refractivity contribution in [3.05, 3.63) is 46.2 Å². The number of nitrogens with one attached hydrogen (secondary N) is 1. The second kappa shape index (κ2) is 5.96. The number of carbonyl (C=O) groups excluding carboxylic acids is 2. The number of hydrogen-bond donors (Lipinski definition) is 1. The van der Waals surface area contributed by atoms with E-state index < -0.39 is 0 Å². The van der Waals surface area contributed by atoms with Gasteiger partial charge in [0.1, 0.15) is 11.3 Å². The Morgan fingerprint density at radius 1 is 1.30 bits per heavy atom. The molecule has 0 unspecified atom stereocenters. The molecular weight excluding hydrogens is 312 g/mol. The molecule has 1 N–H and O–H groups in total. The molecule has 5 nitrogen and oxygen atoms in total. The Bertz CT molecular complexity index is 908. The van der Waals surface area contributed by atoms with Crippen molar-refractivity contribution >= 4 is 39.1 Å². The number of furan rings is 1. The first-order valence-electron chi connectivity index (χ1n) is 7.18. The zero-order valence-corrected chi connectivity index (χ0v) is 13.9. The molecule has 0 aliphatic carbocycles. The van der Waals surface area contributed by atoms with Crippen LogP contribution in [0.1, 0.15) is 34.1 Å². The first-order chi connectivity index (χ1) is 11.0. The van der Waals surface area contributed by atoms with Crippen molar-refractivity contribution in [2.24, 2.45) is 0 Å². The van der Waals surface area contributed by atoms with E-state index in [4.69, 9.17) is 4.42 Å². The summed E-state index contributed by atoms with van der Waals surface area (Å²) in [7, 11) is 0. The molecule has 0 atom stereocenters. The lowest BCUT2D eigenvalue weighted by molar-refractivity contribution is -0.115. The summed E-state index contributed by atoms with van der Waals surface area (Å²) >= 11 is 1.24.